The molecule has 0 heterocycles. The van der Waals surface area contributed by atoms with Crippen LogP contribution in [-0.2, 0) is 6.42 Å². The maximum atomic E-state index is 10.7. The summed E-state index contributed by atoms with van der Waals surface area (Å²) in [6.07, 6.45) is 9.14. The van der Waals surface area contributed by atoms with Crippen LogP contribution in [0.25, 0.3) is 0 Å². The van der Waals surface area contributed by atoms with Gasteiger partial charge in [0.1, 0.15) is 0 Å². The summed E-state index contributed by atoms with van der Waals surface area (Å²) >= 11 is 0. The van der Waals surface area contributed by atoms with Gasteiger partial charge in [0.2, 0.25) is 0 Å². The van der Waals surface area contributed by atoms with Crippen LogP contribution in [0.3, 0.4) is 0 Å². The Bertz CT molecular complexity index is 771. The van der Waals surface area contributed by atoms with Gasteiger partial charge < -0.3 is 10.2 Å². The van der Waals surface area contributed by atoms with Crippen LogP contribution in [0.15, 0.2) is 36.4 Å². The van der Waals surface area contributed by atoms with Crippen molar-refractivity contribution < 1.29 is 10.2 Å². The average molecular weight is 393 g/mol. The maximum Gasteiger partial charge on any atom is 0.0608 e. The number of hydrogen-bond acceptors (Lipinski definition) is 2. The highest BCUT2D eigenvalue weighted by Gasteiger charge is 2.29. The summed E-state index contributed by atoms with van der Waals surface area (Å²) < 4.78 is 0. The Morgan fingerprint density at radius 2 is 1.07 bits per heavy atom. The predicted octanol–water partition coefficient (Wildman–Crippen LogP) is 5.93. The van der Waals surface area contributed by atoms with E-state index < -0.39 is 0 Å². The van der Waals surface area contributed by atoms with Crippen molar-refractivity contribution in [1.29, 1.82) is 0 Å². The zero-order valence-electron chi connectivity index (χ0n) is 18.0. The van der Waals surface area contributed by atoms with Crippen LogP contribution in [0.1, 0.15) is 96.6 Å². The quantitative estimate of drug-likeness (QED) is 0.677. The van der Waals surface area contributed by atoms with Crippen molar-refractivity contribution in [2.75, 3.05) is 0 Å². The fourth-order valence-corrected chi connectivity index (χ4v) is 5.65. The summed E-state index contributed by atoms with van der Waals surface area (Å²) in [6.45, 7) is 4.32. The number of benzene rings is 2. The largest absolute Gasteiger partial charge is 0.392 e. The highest BCUT2D eigenvalue weighted by atomic mass is 16.3. The van der Waals surface area contributed by atoms with Gasteiger partial charge in [0, 0.05) is 11.8 Å². The molecule has 0 amide bonds. The molecule has 4 unspecified atom stereocenters. The van der Waals surface area contributed by atoms with Crippen molar-refractivity contribution in [3.05, 3.63) is 69.8 Å². The minimum absolute atomic E-state index is 0.220. The Balaban J connectivity index is 1.71. The predicted molar refractivity (Wildman–Crippen MR) is 120 cm³/mol. The van der Waals surface area contributed by atoms with Gasteiger partial charge in [-0.2, -0.15) is 0 Å². The molecular weight excluding hydrogens is 356 g/mol. The fourth-order valence-electron chi connectivity index (χ4n) is 5.65. The number of aryl methyl sites for hydroxylation is 2. The van der Waals surface area contributed by atoms with Crippen LogP contribution < -0.4 is 0 Å². The lowest BCUT2D eigenvalue weighted by molar-refractivity contribution is 0.105. The molecule has 156 valence electrons. The number of rotatable bonds is 4. The Kier molecular flexibility index (Phi) is 6.41. The third kappa shape index (κ3) is 4.59. The fraction of sp³-hybridized carbons (Fsp3) is 0.556. The van der Waals surface area contributed by atoms with Crippen LogP contribution in [-0.4, -0.2) is 22.4 Å². The molecule has 29 heavy (non-hydrogen) atoms. The molecule has 0 bridgehead atoms. The van der Waals surface area contributed by atoms with E-state index in [1.807, 2.05) is 0 Å². The normalized spacial score (nSPS) is 27.7. The SMILES string of the molecule is Cc1ccc(C2CCCCC2O)c(Cc2cc(C)ccc2C2CCCCC2O)c1. The Labute approximate surface area is 176 Å². The molecule has 2 saturated carbocycles. The molecule has 2 aliphatic carbocycles. The number of hydrogen-bond donors (Lipinski definition) is 2. The molecule has 0 saturated heterocycles. The van der Waals surface area contributed by atoms with Crippen molar-refractivity contribution >= 4 is 0 Å². The van der Waals surface area contributed by atoms with Crippen LogP contribution in [0, 0.1) is 13.8 Å². The second-order valence-corrected chi connectivity index (χ2v) is 9.50. The molecule has 2 N–H and O–H groups in total. The van der Waals surface area contributed by atoms with Crippen molar-refractivity contribution in [1.82, 2.24) is 0 Å². The van der Waals surface area contributed by atoms with E-state index in [4.69, 9.17) is 0 Å². The first kappa shape index (κ1) is 20.6. The van der Waals surface area contributed by atoms with Gasteiger partial charge in [0.15, 0.2) is 0 Å². The van der Waals surface area contributed by atoms with Gasteiger partial charge in [0.25, 0.3) is 0 Å². The molecular formula is C27H36O2. The van der Waals surface area contributed by atoms with Gasteiger partial charge in [-0.05, 0) is 68.2 Å². The molecule has 2 heteroatoms. The summed E-state index contributed by atoms with van der Waals surface area (Å²) in [5, 5.41) is 21.4. The first-order chi connectivity index (χ1) is 14.0. The van der Waals surface area contributed by atoms with E-state index in [9.17, 15) is 10.2 Å². The lowest BCUT2D eigenvalue weighted by atomic mass is 9.76. The van der Waals surface area contributed by atoms with Gasteiger partial charge >= 0.3 is 0 Å². The van der Waals surface area contributed by atoms with E-state index in [1.165, 1.54) is 46.2 Å². The second-order valence-electron chi connectivity index (χ2n) is 9.50. The third-order valence-corrected chi connectivity index (χ3v) is 7.24. The minimum atomic E-state index is -0.220. The van der Waals surface area contributed by atoms with E-state index in [2.05, 4.69) is 50.2 Å². The van der Waals surface area contributed by atoms with Crippen LogP contribution in [0.5, 0.6) is 0 Å². The van der Waals surface area contributed by atoms with Crippen molar-refractivity contribution in [2.45, 2.75) is 95.7 Å². The second kappa shape index (κ2) is 9.02. The molecule has 0 spiro atoms. The van der Waals surface area contributed by atoms with Crippen molar-refractivity contribution in [2.24, 2.45) is 0 Å². The highest BCUT2D eigenvalue weighted by molar-refractivity contribution is 5.43. The maximum absolute atomic E-state index is 10.7. The first-order valence-electron chi connectivity index (χ1n) is 11.6. The lowest BCUT2D eigenvalue weighted by Gasteiger charge is -2.31. The molecule has 2 nitrogen and oxygen atoms in total. The molecule has 4 rings (SSSR count). The van der Waals surface area contributed by atoms with Crippen molar-refractivity contribution in [3.63, 3.8) is 0 Å². The van der Waals surface area contributed by atoms with E-state index in [1.54, 1.807) is 0 Å². The summed E-state index contributed by atoms with van der Waals surface area (Å²) in [7, 11) is 0. The third-order valence-electron chi connectivity index (χ3n) is 7.24. The van der Waals surface area contributed by atoms with Crippen molar-refractivity contribution in [3.8, 4) is 0 Å². The molecule has 2 aromatic carbocycles. The van der Waals surface area contributed by atoms with E-state index >= 15 is 0 Å². The topological polar surface area (TPSA) is 40.5 Å². The molecule has 4 atom stereocenters. The summed E-state index contributed by atoms with van der Waals surface area (Å²) in [5.41, 5.74) is 7.93. The molecule has 0 radical (unpaired) electrons. The van der Waals surface area contributed by atoms with E-state index in [0.717, 1.165) is 44.9 Å². The Morgan fingerprint density at radius 1 is 0.655 bits per heavy atom. The first-order valence-corrected chi connectivity index (χ1v) is 11.6. The van der Waals surface area contributed by atoms with Gasteiger partial charge in [-0.3, -0.25) is 0 Å². The molecule has 2 fully saturated rings. The van der Waals surface area contributed by atoms with Gasteiger partial charge in [0.05, 0.1) is 12.2 Å². The zero-order chi connectivity index (χ0) is 20.4. The minimum Gasteiger partial charge on any atom is -0.392 e. The van der Waals surface area contributed by atoms with Gasteiger partial charge in [-0.15, -0.1) is 0 Å². The monoisotopic (exact) mass is 392 g/mol. The van der Waals surface area contributed by atoms with Gasteiger partial charge in [-0.25, -0.2) is 0 Å². The van der Waals surface area contributed by atoms with Gasteiger partial charge in [-0.1, -0.05) is 73.2 Å². The van der Waals surface area contributed by atoms with E-state index in [0.29, 0.717) is 0 Å². The number of aliphatic hydroxyl groups excluding tert-OH is 2. The summed E-state index contributed by atoms with van der Waals surface area (Å²) in [4.78, 5) is 0. The zero-order valence-corrected chi connectivity index (χ0v) is 18.0. The Hall–Kier alpha value is -1.64. The smallest absolute Gasteiger partial charge is 0.0608 e. The number of aliphatic hydroxyl groups is 2. The molecule has 2 aromatic rings. The van der Waals surface area contributed by atoms with Crippen LogP contribution in [0.4, 0.5) is 0 Å². The molecule has 0 aromatic heterocycles. The van der Waals surface area contributed by atoms with E-state index in [-0.39, 0.29) is 24.0 Å². The van der Waals surface area contributed by atoms with Crippen LogP contribution >= 0.6 is 0 Å². The highest BCUT2D eigenvalue weighted by Crippen LogP contribution is 2.39. The molecule has 2 aliphatic rings. The summed E-state index contributed by atoms with van der Waals surface area (Å²) in [5.74, 6) is 0.515. The molecule has 0 aliphatic heterocycles. The summed E-state index contributed by atoms with van der Waals surface area (Å²) in [6, 6.07) is 13.5. The average Bonchev–Trinajstić information content (AvgIpc) is 2.70. The lowest BCUT2D eigenvalue weighted by Crippen LogP contribution is -2.24. The standard InChI is InChI=1S/C27H36O2/c1-18-11-13-22(24-7-3-5-9-26(24)28)20(15-18)17-21-16-19(2)12-14-23(21)25-8-4-6-10-27(25)29/h11-16,24-29H,3-10,17H2,1-2H3. The Morgan fingerprint density at radius 3 is 1.48 bits per heavy atom. The van der Waals surface area contributed by atoms with Crippen LogP contribution in [0.2, 0.25) is 0 Å².